The molecule has 24 heavy (non-hydrogen) atoms. The average molecular weight is 315 g/mol. The summed E-state index contributed by atoms with van der Waals surface area (Å²) < 4.78 is 0. The molecule has 0 saturated carbocycles. The first-order chi connectivity index (χ1) is 11.6. The van der Waals surface area contributed by atoms with Crippen LogP contribution in [0.2, 0.25) is 0 Å². The largest absolute Gasteiger partial charge is 0.345 e. The van der Waals surface area contributed by atoms with Gasteiger partial charge in [0.25, 0.3) is 5.91 Å². The van der Waals surface area contributed by atoms with E-state index in [0.717, 1.165) is 27.8 Å². The quantitative estimate of drug-likeness (QED) is 0.664. The number of nitrogens with zero attached hydrogens (tertiary/aromatic N) is 1. The fourth-order valence-corrected chi connectivity index (χ4v) is 2.86. The van der Waals surface area contributed by atoms with Crippen LogP contribution >= 0.6 is 0 Å². The monoisotopic (exact) mass is 315 g/mol. The van der Waals surface area contributed by atoms with Gasteiger partial charge in [-0.15, -0.1) is 0 Å². The summed E-state index contributed by atoms with van der Waals surface area (Å²) in [5, 5.41) is 0. The Hall–Kier alpha value is -2.87. The van der Waals surface area contributed by atoms with Crippen molar-refractivity contribution in [2.75, 3.05) is 14.1 Å². The van der Waals surface area contributed by atoms with Crippen molar-refractivity contribution in [3.63, 3.8) is 0 Å². The van der Waals surface area contributed by atoms with E-state index in [1.54, 1.807) is 19.0 Å². The van der Waals surface area contributed by atoms with E-state index in [0.29, 0.717) is 0 Å². The van der Waals surface area contributed by atoms with Crippen LogP contribution in [0, 0.1) is 6.92 Å². The first-order valence-electron chi connectivity index (χ1n) is 8.05. The van der Waals surface area contributed by atoms with Crippen LogP contribution in [0.25, 0.3) is 22.3 Å². The molecule has 0 atom stereocenters. The van der Waals surface area contributed by atoms with E-state index < -0.39 is 0 Å². The SMILES string of the molecule is Cc1ccc(-c2c(C(=O)N(C)C)cccc2-c2ccccc2)cc1. The molecular formula is C22H21NO. The molecule has 0 aliphatic heterocycles. The molecule has 0 unspecified atom stereocenters. The first kappa shape index (κ1) is 16.0. The van der Waals surface area contributed by atoms with E-state index in [1.807, 2.05) is 30.3 Å². The zero-order valence-corrected chi connectivity index (χ0v) is 14.3. The Morgan fingerprint density at radius 1 is 0.750 bits per heavy atom. The van der Waals surface area contributed by atoms with Crippen LogP contribution in [-0.2, 0) is 0 Å². The molecule has 0 N–H and O–H groups in total. The third-order valence-electron chi connectivity index (χ3n) is 4.13. The lowest BCUT2D eigenvalue weighted by Gasteiger charge is -2.18. The first-order valence-corrected chi connectivity index (χ1v) is 8.05. The van der Waals surface area contributed by atoms with Gasteiger partial charge in [-0.2, -0.15) is 0 Å². The molecule has 0 fully saturated rings. The van der Waals surface area contributed by atoms with Crippen molar-refractivity contribution in [1.29, 1.82) is 0 Å². The number of benzene rings is 3. The van der Waals surface area contributed by atoms with E-state index in [9.17, 15) is 4.79 Å². The van der Waals surface area contributed by atoms with E-state index >= 15 is 0 Å². The molecule has 3 rings (SSSR count). The molecule has 0 radical (unpaired) electrons. The van der Waals surface area contributed by atoms with Gasteiger partial charge in [-0.3, -0.25) is 4.79 Å². The summed E-state index contributed by atoms with van der Waals surface area (Å²) in [6.45, 7) is 2.07. The maximum atomic E-state index is 12.7. The summed E-state index contributed by atoms with van der Waals surface area (Å²) in [6.07, 6.45) is 0. The van der Waals surface area contributed by atoms with Crippen molar-refractivity contribution in [2.24, 2.45) is 0 Å². The molecule has 0 saturated heterocycles. The summed E-state index contributed by atoms with van der Waals surface area (Å²) in [6, 6.07) is 24.5. The van der Waals surface area contributed by atoms with Gasteiger partial charge in [0.2, 0.25) is 0 Å². The fourth-order valence-electron chi connectivity index (χ4n) is 2.86. The number of carbonyl (C=O) groups excluding carboxylic acids is 1. The molecule has 0 aromatic heterocycles. The number of amides is 1. The lowest BCUT2D eigenvalue weighted by molar-refractivity contribution is 0.0828. The average Bonchev–Trinajstić information content (AvgIpc) is 2.62. The second-order valence-corrected chi connectivity index (χ2v) is 6.16. The summed E-state index contributed by atoms with van der Waals surface area (Å²) >= 11 is 0. The molecule has 120 valence electrons. The third-order valence-corrected chi connectivity index (χ3v) is 4.13. The van der Waals surface area contributed by atoms with Crippen LogP contribution in [0.15, 0.2) is 72.8 Å². The molecule has 0 bridgehead atoms. The molecular weight excluding hydrogens is 294 g/mol. The van der Waals surface area contributed by atoms with Crippen LogP contribution < -0.4 is 0 Å². The van der Waals surface area contributed by atoms with Crippen LogP contribution in [0.1, 0.15) is 15.9 Å². The predicted molar refractivity (Wildman–Crippen MR) is 100 cm³/mol. The molecule has 1 amide bonds. The number of carbonyl (C=O) groups is 1. The van der Waals surface area contributed by atoms with Gasteiger partial charge >= 0.3 is 0 Å². The van der Waals surface area contributed by atoms with Crippen molar-refractivity contribution in [1.82, 2.24) is 4.90 Å². The zero-order valence-electron chi connectivity index (χ0n) is 14.3. The summed E-state index contributed by atoms with van der Waals surface area (Å²) in [5.41, 5.74) is 6.17. The maximum absolute atomic E-state index is 12.7. The van der Waals surface area contributed by atoms with Crippen molar-refractivity contribution in [3.8, 4) is 22.3 Å². The number of aryl methyl sites for hydroxylation is 1. The lowest BCUT2D eigenvalue weighted by atomic mass is 9.89. The predicted octanol–water partition coefficient (Wildman–Crippen LogP) is 5.03. The molecule has 3 aromatic rings. The van der Waals surface area contributed by atoms with Gasteiger partial charge < -0.3 is 4.90 Å². The highest BCUT2D eigenvalue weighted by Gasteiger charge is 2.18. The molecule has 2 nitrogen and oxygen atoms in total. The number of hydrogen-bond acceptors (Lipinski definition) is 1. The molecule has 0 aliphatic rings. The normalized spacial score (nSPS) is 10.5. The smallest absolute Gasteiger partial charge is 0.253 e. The summed E-state index contributed by atoms with van der Waals surface area (Å²) in [4.78, 5) is 14.3. The molecule has 3 aromatic carbocycles. The zero-order chi connectivity index (χ0) is 17.1. The van der Waals surface area contributed by atoms with Crippen molar-refractivity contribution in [2.45, 2.75) is 6.92 Å². The van der Waals surface area contributed by atoms with Crippen LogP contribution in [0.5, 0.6) is 0 Å². The summed E-state index contributed by atoms with van der Waals surface area (Å²) in [5.74, 6) is 0.0170. The molecule has 0 heterocycles. The Balaban J connectivity index is 2.29. The van der Waals surface area contributed by atoms with Crippen LogP contribution in [0.3, 0.4) is 0 Å². The lowest BCUT2D eigenvalue weighted by Crippen LogP contribution is -2.22. The Kier molecular flexibility index (Phi) is 4.48. The molecule has 0 spiro atoms. The van der Waals surface area contributed by atoms with E-state index in [2.05, 4.69) is 49.4 Å². The van der Waals surface area contributed by atoms with Crippen molar-refractivity contribution in [3.05, 3.63) is 83.9 Å². The Labute approximate surface area is 143 Å². The minimum Gasteiger partial charge on any atom is -0.345 e. The van der Waals surface area contributed by atoms with Gasteiger partial charge in [0, 0.05) is 25.2 Å². The molecule has 2 heteroatoms. The number of hydrogen-bond donors (Lipinski definition) is 0. The second-order valence-electron chi connectivity index (χ2n) is 6.16. The highest BCUT2D eigenvalue weighted by molar-refractivity contribution is 6.04. The van der Waals surface area contributed by atoms with Crippen molar-refractivity contribution < 1.29 is 4.79 Å². The third kappa shape index (κ3) is 3.09. The minimum atomic E-state index is 0.0170. The van der Waals surface area contributed by atoms with E-state index in [4.69, 9.17) is 0 Å². The van der Waals surface area contributed by atoms with Crippen LogP contribution in [-0.4, -0.2) is 24.9 Å². The standard InChI is InChI=1S/C22H21NO/c1-16-12-14-18(15-13-16)21-19(17-8-5-4-6-9-17)10-7-11-20(21)22(24)23(2)3/h4-15H,1-3H3. The Morgan fingerprint density at radius 3 is 2.04 bits per heavy atom. The number of rotatable bonds is 3. The van der Waals surface area contributed by atoms with E-state index in [-0.39, 0.29) is 5.91 Å². The topological polar surface area (TPSA) is 20.3 Å². The van der Waals surface area contributed by atoms with Gasteiger partial charge in [-0.25, -0.2) is 0 Å². The van der Waals surface area contributed by atoms with Gasteiger partial charge in [-0.1, -0.05) is 72.3 Å². The van der Waals surface area contributed by atoms with Gasteiger partial charge in [0.05, 0.1) is 0 Å². The summed E-state index contributed by atoms with van der Waals surface area (Å²) in [7, 11) is 3.58. The van der Waals surface area contributed by atoms with Crippen molar-refractivity contribution >= 4 is 5.91 Å². The van der Waals surface area contributed by atoms with E-state index in [1.165, 1.54) is 5.56 Å². The maximum Gasteiger partial charge on any atom is 0.253 e. The van der Waals surface area contributed by atoms with Crippen LogP contribution in [0.4, 0.5) is 0 Å². The minimum absolute atomic E-state index is 0.0170. The Bertz CT molecular complexity index is 849. The van der Waals surface area contributed by atoms with Gasteiger partial charge in [0.15, 0.2) is 0 Å². The second kappa shape index (κ2) is 6.71. The van der Waals surface area contributed by atoms with Gasteiger partial charge in [-0.05, 0) is 29.7 Å². The fraction of sp³-hybridized carbons (Fsp3) is 0.136. The molecule has 0 aliphatic carbocycles. The highest BCUT2D eigenvalue weighted by atomic mass is 16.2. The Morgan fingerprint density at radius 2 is 1.42 bits per heavy atom. The highest BCUT2D eigenvalue weighted by Crippen LogP contribution is 2.35. The van der Waals surface area contributed by atoms with Gasteiger partial charge in [0.1, 0.15) is 0 Å².